The Kier molecular flexibility index (Phi) is 5.81. The van der Waals surface area contributed by atoms with Crippen LogP contribution in [0, 0.1) is 6.92 Å². The fraction of sp³-hybridized carbons (Fsp3) is 0.350. The molecular weight excluding hydrogens is 376 g/mol. The van der Waals surface area contributed by atoms with Crippen LogP contribution in [0.15, 0.2) is 30.6 Å². The lowest BCUT2D eigenvalue weighted by Crippen LogP contribution is -2.46. The minimum Gasteiger partial charge on any atom is -0.496 e. The fourth-order valence-electron chi connectivity index (χ4n) is 2.85. The van der Waals surface area contributed by atoms with E-state index in [1.54, 1.807) is 21.0 Å². The van der Waals surface area contributed by atoms with Gasteiger partial charge in [-0.2, -0.15) is 0 Å². The molecule has 7 nitrogen and oxygen atoms in total. The minimum atomic E-state index is -0.698. The summed E-state index contributed by atoms with van der Waals surface area (Å²) in [5.74, 6) is 1.24. The standard InChI is InChI=1S/C20H24N4O3S/c1-12-15-17(21-9-13-7-5-6-8-14(13)27-4)22-11-23-19(15)28-16(12)18(26)24-20(2,3)10-25/h5-8,11,25H,9-10H2,1-4H3,(H,24,26)(H,21,22,23). The molecule has 3 aromatic rings. The summed E-state index contributed by atoms with van der Waals surface area (Å²) in [4.78, 5) is 22.7. The van der Waals surface area contributed by atoms with Crippen LogP contribution in [0.4, 0.5) is 5.82 Å². The van der Waals surface area contributed by atoms with Crippen molar-refractivity contribution in [1.82, 2.24) is 15.3 Å². The average Bonchev–Trinajstić information content (AvgIpc) is 3.03. The molecule has 1 aromatic carbocycles. The second-order valence-corrected chi connectivity index (χ2v) is 8.12. The largest absolute Gasteiger partial charge is 0.496 e. The SMILES string of the molecule is COc1ccccc1CNc1ncnc2sc(C(=O)NC(C)(C)CO)c(C)c12. The van der Waals surface area contributed by atoms with Gasteiger partial charge in [-0.3, -0.25) is 4.79 Å². The summed E-state index contributed by atoms with van der Waals surface area (Å²) in [6.07, 6.45) is 1.49. The van der Waals surface area contributed by atoms with Gasteiger partial charge in [0.25, 0.3) is 5.91 Å². The predicted molar refractivity (Wildman–Crippen MR) is 111 cm³/mol. The normalized spacial score (nSPS) is 11.5. The van der Waals surface area contributed by atoms with Crippen LogP contribution in [-0.4, -0.2) is 40.2 Å². The number of hydrogen-bond donors (Lipinski definition) is 3. The Hall–Kier alpha value is -2.71. The maximum atomic E-state index is 12.7. The number of rotatable bonds is 7. The van der Waals surface area contributed by atoms with Crippen LogP contribution < -0.4 is 15.4 Å². The molecular formula is C20H24N4O3S. The molecule has 8 heteroatoms. The van der Waals surface area contributed by atoms with E-state index in [0.29, 0.717) is 17.2 Å². The maximum Gasteiger partial charge on any atom is 0.262 e. The molecule has 0 aliphatic heterocycles. The van der Waals surface area contributed by atoms with Crippen molar-refractivity contribution in [3.05, 3.63) is 46.6 Å². The number of aryl methyl sites for hydroxylation is 1. The first-order valence-corrected chi connectivity index (χ1v) is 9.71. The fourth-order valence-corrected chi connectivity index (χ4v) is 3.90. The molecule has 0 spiro atoms. The van der Waals surface area contributed by atoms with Crippen LogP contribution in [-0.2, 0) is 6.54 Å². The number of nitrogens with zero attached hydrogens (tertiary/aromatic N) is 2. The molecule has 0 aliphatic rings. The van der Waals surface area contributed by atoms with Crippen molar-refractivity contribution in [1.29, 1.82) is 0 Å². The average molecular weight is 401 g/mol. The molecule has 0 atom stereocenters. The van der Waals surface area contributed by atoms with Crippen molar-refractivity contribution in [2.24, 2.45) is 0 Å². The lowest BCUT2D eigenvalue weighted by Gasteiger charge is -2.23. The number of aliphatic hydroxyl groups is 1. The number of nitrogens with one attached hydrogen (secondary N) is 2. The van der Waals surface area contributed by atoms with E-state index in [-0.39, 0.29) is 12.5 Å². The van der Waals surface area contributed by atoms with Crippen LogP contribution in [0.5, 0.6) is 5.75 Å². The van der Waals surface area contributed by atoms with Gasteiger partial charge in [0, 0.05) is 12.1 Å². The predicted octanol–water partition coefficient (Wildman–Crippen LogP) is 3.12. The van der Waals surface area contributed by atoms with Crippen LogP contribution in [0.2, 0.25) is 0 Å². The molecule has 148 valence electrons. The number of aromatic nitrogens is 2. The van der Waals surface area contributed by atoms with Crippen molar-refractivity contribution >= 4 is 33.3 Å². The molecule has 3 N–H and O–H groups in total. The quantitative estimate of drug-likeness (QED) is 0.564. The lowest BCUT2D eigenvalue weighted by molar-refractivity contribution is 0.0873. The Balaban J connectivity index is 1.90. The molecule has 0 radical (unpaired) electrons. The number of carbonyl (C=O) groups excluding carboxylic acids is 1. The van der Waals surface area contributed by atoms with Crippen molar-refractivity contribution in [3.8, 4) is 5.75 Å². The Morgan fingerprint density at radius 1 is 1.29 bits per heavy atom. The number of ether oxygens (including phenoxy) is 1. The van der Waals surface area contributed by atoms with Crippen molar-refractivity contribution in [2.45, 2.75) is 32.9 Å². The highest BCUT2D eigenvalue weighted by Crippen LogP contribution is 2.34. The highest BCUT2D eigenvalue weighted by molar-refractivity contribution is 7.20. The van der Waals surface area contributed by atoms with Crippen molar-refractivity contribution in [3.63, 3.8) is 0 Å². The summed E-state index contributed by atoms with van der Waals surface area (Å²) in [5, 5.41) is 16.4. The van der Waals surface area contributed by atoms with Crippen LogP contribution >= 0.6 is 11.3 Å². The molecule has 0 bridgehead atoms. The van der Waals surface area contributed by atoms with Crippen LogP contribution in [0.25, 0.3) is 10.2 Å². The van der Waals surface area contributed by atoms with Crippen molar-refractivity contribution < 1.29 is 14.6 Å². The summed E-state index contributed by atoms with van der Waals surface area (Å²) in [6, 6.07) is 7.78. The van der Waals surface area contributed by atoms with E-state index < -0.39 is 5.54 Å². The molecule has 0 unspecified atom stereocenters. The zero-order chi connectivity index (χ0) is 20.3. The van der Waals surface area contributed by atoms with Gasteiger partial charge in [0.05, 0.1) is 29.5 Å². The van der Waals surface area contributed by atoms with Crippen LogP contribution in [0.1, 0.15) is 34.6 Å². The topological polar surface area (TPSA) is 96.4 Å². The van der Waals surface area contributed by atoms with E-state index in [9.17, 15) is 9.90 Å². The van der Waals surface area contributed by atoms with Gasteiger partial charge in [0.2, 0.25) is 0 Å². The number of para-hydroxylation sites is 1. The maximum absolute atomic E-state index is 12.7. The summed E-state index contributed by atoms with van der Waals surface area (Å²) < 4.78 is 5.39. The third-order valence-corrected chi connectivity index (χ3v) is 5.62. The second kappa shape index (κ2) is 8.12. The summed E-state index contributed by atoms with van der Waals surface area (Å²) in [6.45, 7) is 5.82. The Bertz CT molecular complexity index is 1000. The summed E-state index contributed by atoms with van der Waals surface area (Å²) in [7, 11) is 1.64. The Morgan fingerprint density at radius 3 is 2.75 bits per heavy atom. The van der Waals surface area contributed by atoms with E-state index in [1.165, 1.54) is 17.7 Å². The second-order valence-electron chi connectivity index (χ2n) is 7.12. The number of carbonyl (C=O) groups is 1. The molecule has 0 fully saturated rings. The molecule has 0 saturated carbocycles. The van der Waals surface area contributed by atoms with Gasteiger partial charge in [-0.05, 0) is 32.4 Å². The summed E-state index contributed by atoms with van der Waals surface area (Å²) >= 11 is 1.32. The Labute approximate surface area is 167 Å². The van der Waals surface area contributed by atoms with Crippen molar-refractivity contribution in [2.75, 3.05) is 19.0 Å². The molecule has 3 rings (SSSR count). The Morgan fingerprint density at radius 2 is 2.04 bits per heavy atom. The van der Waals surface area contributed by atoms with Crippen LogP contribution in [0.3, 0.4) is 0 Å². The van der Waals surface area contributed by atoms with Gasteiger partial charge in [0.1, 0.15) is 22.7 Å². The first-order valence-electron chi connectivity index (χ1n) is 8.89. The van der Waals surface area contributed by atoms with Gasteiger partial charge in [-0.25, -0.2) is 9.97 Å². The number of thiophene rings is 1. The molecule has 0 saturated heterocycles. The van der Waals surface area contributed by atoms with Gasteiger partial charge in [-0.1, -0.05) is 18.2 Å². The van der Waals surface area contributed by atoms with E-state index >= 15 is 0 Å². The van der Waals surface area contributed by atoms with E-state index in [2.05, 4.69) is 20.6 Å². The number of amides is 1. The number of fused-ring (bicyclic) bond motifs is 1. The van der Waals surface area contributed by atoms with E-state index in [1.807, 2.05) is 31.2 Å². The molecule has 1 amide bonds. The highest BCUT2D eigenvalue weighted by Gasteiger charge is 2.24. The first-order chi connectivity index (χ1) is 13.4. The lowest BCUT2D eigenvalue weighted by atomic mass is 10.1. The molecule has 28 heavy (non-hydrogen) atoms. The van der Waals surface area contributed by atoms with Gasteiger partial charge >= 0.3 is 0 Å². The summed E-state index contributed by atoms with van der Waals surface area (Å²) in [5.41, 5.74) is 1.12. The zero-order valence-electron chi connectivity index (χ0n) is 16.4. The molecule has 2 heterocycles. The van der Waals surface area contributed by atoms with E-state index in [0.717, 1.165) is 27.1 Å². The number of benzene rings is 1. The smallest absolute Gasteiger partial charge is 0.262 e. The monoisotopic (exact) mass is 400 g/mol. The van der Waals surface area contributed by atoms with E-state index in [4.69, 9.17) is 4.74 Å². The number of hydrogen-bond acceptors (Lipinski definition) is 7. The number of aliphatic hydroxyl groups excluding tert-OH is 1. The minimum absolute atomic E-state index is 0.145. The zero-order valence-corrected chi connectivity index (χ0v) is 17.2. The van der Waals surface area contributed by atoms with Gasteiger partial charge in [0.15, 0.2) is 0 Å². The number of anilines is 1. The van der Waals surface area contributed by atoms with Gasteiger partial charge < -0.3 is 20.5 Å². The third-order valence-electron chi connectivity index (χ3n) is 4.42. The van der Waals surface area contributed by atoms with Gasteiger partial charge in [-0.15, -0.1) is 11.3 Å². The molecule has 2 aromatic heterocycles. The first kappa shape index (κ1) is 20.0. The highest BCUT2D eigenvalue weighted by atomic mass is 32.1. The molecule has 0 aliphatic carbocycles. The third kappa shape index (κ3) is 4.07. The number of methoxy groups -OCH3 is 1.